The average molecular weight is 476 g/mol. The van der Waals surface area contributed by atoms with E-state index < -0.39 is 0 Å². The smallest absolute Gasteiger partial charge is 0.251 e. The molecule has 1 saturated heterocycles. The van der Waals surface area contributed by atoms with Gasteiger partial charge in [-0.25, -0.2) is 4.68 Å². The summed E-state index contributed by atoms with van der Waals surface area (Å²) in [6, 6.07) is 21.2. The molecule has 2 heterocycles. The molecule has 4 aromatic rings. The maximum Gasteiger partial charge on any atom is 0.251 e. The quantitative estimate of drug-likeness (QED) is 0.412. The van der Waals surface area contributed by atoms with E-state index in [1.807, 2.05) is 77.6 Å². The lowest BCUT2D eigenvalue weighted by atomic mass is 10.1. The number of rotatable bonds is 7. The second kappa shape index (κ2) is 10.3. The van der Waals surface area contributed by atoms with Crippen molar-refractivity contribution >= 4 is 39.8 Å². The number of anilines is 2. The Morgan fingerprint density at radius 2 is 1.88 bits per heavy atom. The Balaban J connectivity index is 1.29. The van der Waals surface area contributed by atoms with Crippen molar-refractivity contribution in [1.82, 2.24) is 20.0 Å². The number of carbonyl (C=O) groups is 1. The fourth-order valence-corrected chi connectivity index (χ4v) is 4.25. The number of hydrogen-bond donors (Lipinski definition) is 2. The molecular weight excluding hydrogens is 450 g/mol. The molecule has 34 heavy (non-hydrogen) atoms. The second-order valence-electron chi connectivity index (χ2n) is 8.20. The molecule has 1 aliphatic rings. The lowest BCUT2D eigenvalue weighted by Gasteiger charge is -2.26. The van der Waals surface area contributed by atoms with Crippen molar-refractivity contribution < 1.29 is 9.53 Å². The molecule has 3 aromatic carbocycles. The zero-order chi connectivity index (χ0) is 23.3. The molecule has 0 aliphatic carbocycles. The molecule has 7 nitrogen and oxygen atoms in total. The number of nitrogens with one attached hydrogen (secondary N) is 2. The number of hydrogen-bond acceptors (Lipinski definition) is 5. The zero-order valence-corrected chi connectivity index (χ0v) is 19.5. The van der Waals surface area contributed by atoms with Crippen LogP contribution in [0.4, 0.5) is 11.4 Å². The van der Waals surface area contributed by atoms with Crippen LogP contribution in [0.2, 0.25) is 5.02 Å². The van der Waals surface area contributed by atoms with Gasteiger partial charge in [0.1, 0.15) is 0 Å². The van der Waals surface area contributed by atoms with Gasteiger partial charge in [-0.05, 0) is 48.5 Å². The van der Waals surface area contributed by atoms with Crippen molar-refractivity contribution in [3.05, 3.63) is 83.5 Å². The number of fused-ring (bicyclic) bond motifs is 1. The van der Waals surface area contributed by atoms with E-state index in [1.54, 1.807) is 0 Å². The molecule has 174 valence electrons. The monoisotopic (exact) mass is 475 g/mol. The lowest BCUT2D eigenvalue weighted by Crippen LogP contribution is -2.41. The van der Waals surface area contributed by atoms with Gasteiger partial charge < -0.3 is 15.4 Å². The van der Waals surface area contributed by atoms with Gasteiger partial charge in [-0.1, -0.05) is 29.8 Å². The summed E-state index contributed by atoms with van der Waals surface area (Å²) < 4.78 is 7.21. The molecule has 1 aromatic heterocycles. The predicted molar refractivity (Wildman–Crippen MR) is 135 cm³/mol. The molecule has 1 fully saturated rings. The van der Waals surface area contributed by atoms with Crippen LogP contribution < -0.4 is 10.6 Å². The first-order chi connectivity index (χ1) is 16.7. The maximum absolute atomic E-state index is 12.7. The Morgan fingerprint density at radius 1 is 1.03 bits per heavy atom. The number of benzene rings is 3. The molecule has 1 aliphatic heterocycles. The summed E-state index contributed by atoms with van der Waals surface area (Å²) in [4.78, 5) is 15.0. The highest BCUT2D eigenvalue weighted by Gasteiger charge is 2.13. The molecule has 0 unspecified atom stereocenters. The van der Waals surface area contributed by atoms with E-state index in [-0.39, 0.29) is 5.91 Å². The summed E-state index contributed by atoms with van der Waals surface area (Å²) in [6.07, 6.45) is 1.82. The highest BCUT2D eigenvalue weighted by molar-refractivity contribution is 6.33. The number of carbonyl (C=O) groups excluding carboxylic acids is 1. The third-order valence-electron chi connectivity index (χ3n) is 5.89. The molecule has 2 N–H and O–H groups in total. The molecule has 0 radical (unpaired) electrons. The van der Waals surface area contributed by atoms with E-state index in [1.165, 1.54) is 0 Å². The van der Waals surface area contributed by atoms with Crippen LogP contribution >= 0.6 is 11.6 Å². The first-order valence-electron chi connectivity index (χ1n) is 11.4. The standard InChI is InChI=1S/C26H26ClN5O2/c27-23-6-1-2-7-24(23)30-21-8-9-25-20(16-21)18-29-32(25)22-5-3-4-19(17-22)26(33)28-10-11-31-12-14-34-15-13-31/h1-9,16-18,30H,10-15H2,(H,28,33). The summed E-state index contributed by atoms with van der Waals surface area (Å²) in [5.41, 5.74) is 4.18. The molecule has 5 rings (SSSR count). The van der Waals surface area contributed by atoms with Crippen LogP contribution in [0.5, 0.6) is 0 Å². The van der Waals surface area contributed by atoms with Crippen LogP contribution in [0, 0.1) is 0 Å². The number of halogens is 1. The SMILES string of the molecule is O=C(NCCN1CCOCC1)c1cccc(-n2ncc3cc(Nc4ccccc4Cl)ccc32)c1. The van der Waals surface area contributed by atoms with E-state index in [0.717, 1.165) is 60.8 Å². The summed E-state index contributed by atoms with van der Waals surface area (Å²) in [5.74, 6) is -0.0854. The minimum Gasteiger partial charge on any atom is -0.379 e. The van der Waals surface area contributed by atoms with E-state index in [0.29, 0.717) is 17.1 Å². The minimum atomic E-state index is -0.0854. The van der Waals surface area contributed by atoms with Gasteiger partial charge >= 0.3 is 0 Å². The third-order valence-corrected chi connectivity index (χ3v) is 6.22. The first kappa shape index (κ1) is 22.4. The van der Waals surface area contributed by atoms with Gasteiger partial charge in [-0.15, -0.1) is 0 Å². The van der Waals surface area contributed by atoms with Crippen LogP contribution in [0.1, 0.15) is 10.4 Å². The lowest BCUT2D eigenvalue weighted by molar-refractivity contribution is 0.0383. The maximum atomic E-state index is 12.7. The summed E-state index contributed by atoms with van der Waals surface area (Å²) >= 11 is 6.27. The van der Waals surface area contributed by atoms with Gasteiger partial charge in [0, 0.05) is 42.8 Å². The van der Waals surface area contributed by atoms with Crippen molar-refractivity contribution in [1.29, 1.82) is 0 Å². The largest absolute Gasteiger partial charge is 0.379 e. The Morgan fingerprint density at radius 3 is 2.74 bits per heavy atom. The van der Waals surface area contributed by atoms with E-state index in [2.05, 4.69) is 20.6 Å². The second-order valence-corrected chi connectivity index (χ2v) is 8.60. The highest BCUT2D eigenvalue weighted by Crippen LogP contribution is 2.28. The van der Waals surface area contributed by atoms with Gasteiger partial charge in [0.2, 0.25) is 0 Å². The number of para-hydroxylation sites is 1. The zero-order valence-electron chi connectivity index (χ0n) is 18.7. The van der Waals surface area contributed by atoms with Crippen molar-refractivity contribution in [2.24, 2.45) is 0 Å². The highest BCUT2D eigenvalue weighted by atomic mass is 35.5. The summed E-state index contributed by atoms with van der Waals surface area (Å²) in [5, 5.41) is 12.6. The van der Waals surface area contributed by atoms with Crippen molar-refractivity contribution in [2.75, 3.05) is 44.7 Å². The predicted octanol–water partition coefficient (Wildman–Crippen LogP) is 4.48. The summed E-state index contributed by atoms with van der Waals surface area (Å²) in [6.45, 7) is 4.76. The van der Waals surface area contributed by atoms with E-state index in [4.69, 9.17) is 16.3 Å². The number of nitrogens with zero attached hydrogens (tertiary/aromatic N) is 3. The van der Waals surface area contributed by atoms with Crippen LogP contribution in [-0.2, 0) is 4.74 Å². The Labute approximate surface area is 203 Å². The molecule has 8 heteroatoms. The van der Waals surface area contributed by atoms with E-state index >= 15 is 0 Å². The normalized spacial score (nSPS) is 14.3. The Kier molecular flexibility index (Phi) is 6.76. The molecule has 0 saturated carbocycles. The Hall–Kier alpha value is -3.39. The van der Waals surface area contributed by atoms with Crippen molar-refractivity contribution in [3.8, 4) is 5.69 Å². The van der Waals surface area contributed by atoms with Gasteiger partial charge in [-0.2, -0.15) is 5.10 Å². The Bertz CT molecular complexity index is 1300. The third kappa shape index (κ3) is 5.07. The number of aromatic nitrogens is 2. The van der Waals surface area contributed by atoms with Gasteiger partial charge in [0.05, 0.1) is 41.3 Å². The number of ether oxygens (including phenoxy) is 1. The van der Waals surface area contributed by atoms with Crippen LogP contribution in [-0.4, -0.2) is 60.0 Å². The molecule has 1 amide bonds. The molecular formula is C26H26ClN5O2. The average Bonchev–Trinajstić information content (AvgIpc) is 3.29. The number of amides is 1. The molecule has 0 bridgehead atoms. The topological polar surface area (TPSA) is 71.4 Å². The fourth-order valence-electron chi connectivity index (χ4n) is 4.07. The van der Waals surface area contributed by atoms with Gasteiger partial charge in [-0.3, -0.25) is 9.69 Å². The van der Waals surface area contributed by atoms with Gasteiger partial charge in [0.25, 0.3) is 5.91 Å². The summed E-state index contributed by atoms with van der Waals surface area (Å²) in [7, 11) is 0. The molecule has 0 atom stereocenters. The van der Waals surface area contributed by atoms with Crippen molar-refractivity contribution in [3.63, 3.8) is 0 Å². The van der Waals surface area contributed by atoms with Crippen LogP contribution in [0.25, 0.3) is 16.6 Å². The first-order valence-corrected chi connectivity index (χ1v) is 11.7. The van der Waals surface area contributed by atoms with Crippen LogP contribution in [0.15, 0.2) is 72.9 Å². The fraction of sp³-hybridized carbons (Fsp3) is 0.231. The van der Waals surface area contributed by atoms with E-state index in [9.17, 15) is 4.79 Å². The number of morpholine rings is 1. The minimum absolute atomic E-state index is 0.0854. The van der Waals surface area contributed by atoms with Gasteiger partial charge in [0.15, 0.2) is 0 Å². The van der Waals surface area contributed by atoms with Crippen LogP contribution in [0.3, 0.4) is 0 Å². The molecule has 0 spiro atoms. The van der Waals surface area contributed by atoms with Crippen molar-refractivity contribution in [2.45, 2.75) is 0 Å².